The van der Waals surface area contributed by atoms with Crippen molar-refractivity contribution in [3.8, 4) is 5.75 Å². The summed E-state index contributed by atoms with van der Waals surface area (Å²) in [5, 5.41) is 18.2. The predicted molar refractivity (Wildman–Crippen MR) is 113 cm³/mol. The lowest BCUT2D eigenvalue weighted by Crippen LogP contribution is -2.38. The Morgan fingerprint density at radius 1 is 1.17 bits per heavy atom. The number of carbonyl (C=O) groups excluding carboxylic acids is 1. The van der Waals surface area contributed by atoms with Gasteiger partial charge in [-0.3, -0.25) is 5.32 Å². The summed E-state index contributed by atoms with van der Waals surface area (Å²) < 4.78 is 5.43. The van der Waals surface area contributed by atoms with Gasteiger partial charge >= 0.3 is 6.09 Å². The van der Waals surface area contributed by atoms with E-state index in [-0.39, 0.29) is 11.4 Å². The van der Waals surface area contributed by atoms with E-state index in [0.29, 0.717) is 34.7 Å². The fourth-order valence-electron chi connectivity index (χ4n) is 4.47. The number of nitrogens with one attached hydrogen (secondary N) is 1. The molecule has 0 unspecified atom stereocenters. The van der Waals surface area contributed by atoms with E-state index in [1.54, 1.807) is 30.3 Å². The lowest BCUT2D eigenvalue weighted by atomic mass is 9.68. The summed E-state index contributed by atoms with van der Waals surface area (Å²) >= 11 is 0. The van der Waals surface area contributed by atoms with Gasteiger partial charge in [0.25, 0.3) is 0 Å². The quantitative estimate of drug-likeness (QED) is 0.638. The van der Waals surface area contributed by atoms with Gasteiger partial charge in [-0.1, -0.05) is 50.2 Å². The number of rotatable bonds is 1. The van der Waals surface area contributed by atoms with Crippen LogP contribution in [0, 0.1) is 11.3 Å². The first-order valence-electron chi connectivity index (χ1n) is 10.2. The van der Waals surface area contributed by atoms with Crippen molar-refractivity contribution in [2.75, 3.05) is 5.32 Å². The highest BCUT2D eigenvalue weighted by Crippen LogP contribution is 2.46. The van der Waals surface area contributed by atoms with Crippen LogP contribution in [0.15, 0.2) is 41.6 Å². The molecule has 6 nitrogen and oxygen atoms in total. The maximum atomic E-state index is 12.4. The number of amides is 1. The highest BCUT2D eigenvalue weighted by Gasteiger charge is 2.45. The fourth-order valence-corrected chi connectivity index (χ4v) is 4.47. The van der Waals surface area contributed by atoms with Crippen LogP contribution in [-0.4, -0.2) is 22.7 Å². The number of fused-ring (bicyclic) bond motifs is 1. The minimum Gasteiger partial charge on any atom is -0.507 e. The molecular formula is C23H28N2O4. The van der Waals surface area contributed by atoms with Crippen LogP contribution in [0.5, 0.6) is 5.75 Å². The largest absolute Gasteiger partial charge is 0.507 e. The minimum atomic E-state index is -0.608. The van der Waals surface area contributed by atoms with Crippen LogP contribution in [0.4, 0.5) is 10.5 Å². The molecule has 1 fully saturated rings. The Labute approximate surface area is 170 Å². The fraction of sp³-hybridized carbons (Fsp3) is 0.478. The van der Waals surface area contributed by atoms with Gasteiger partial charge in [0.05, 0.1) is 12.1 Å². The second-order valence-corrected chi connectivity index (χ2v) is 9.27. The lowest BCUT2D eigenvalue weighted by Gasteiger charge is -2.40. The molecule has 1 aliphatic carbocycles. The van der Waals surface area contributed by atoms with Crippen molar-refractivity contribution in [2.24, 2.45) is 16.5 Å². The Hall–Kier alpha value is -2.76. The van der Waals surface area contributed by atoms with Gasteiger partial charge in [0.2, 0.25) is 5.90 Å². The second kappa shape index (κ2) is 7.25. The van der Waals surface area contributed by atoms with Crippen LogP contribution in [0.3, 0.4) is 0 Å². The summed E-state index contributed by atoms with van der Waals surface area (Å²) in [6, 6.07) is 10.5. The molecular weight excluding hydrogens is 368 g/mol. The van der Waals surface area contributed by atoms with Crippen LogP contribution in [0.25, 0.3) is 10.8 Å². The van der Waals surface area contributed by atoms with Gasteiger partial charge in [-0.05, 0) is 49.1 Å². The molecule has 154 valence electrons. The molecule has 29 heavy (non-hydrogen) atoms. The van der Waals surface area contributed by atoms with Crippen LogP contribution in [0.1, 0.15) is 52.9 Å². The van der Waals surface area contributed by atoms with Crippen molar-refractivity contribution >= 4 is 28.5 Å². The molecule has 1 heterocycles. The number of carbonyl (C=O) groups is 1. The van der Waals surface area contributed by atoms with Crippen molar-refractivity contribution in [1.82, 2.24) is 0 Å². The molecule has 0 bridgehead atoms. The zero-order valence-electron chi connectivity index (χ0n) is 17.2. The van der Waals surface area contributed by atoms with E-state index in [1.807, 2.05) is 6.07 Å². The number of aromatic hydroxyl groups is 1. The van der Waals surface area contributed by atoms with Crippen molar-refractivity contribution in [2.45, 2.75) is 58.5 Å². The smallest absolute Gasteiger partial charge is 0.418 e. The predicted octanol–water partition coefficient (Wildman–Crippen LogP) is 5.80. The SMILES string of the molecule is CC(C)(C)C1CCC2(CC1)CC(OC(=O)Nc1cccc3c(O)cccc13)=NO2. The molecule has 1 saturated carbocycles. The van der Waals surface area contributed by atoms with Crippen LogP contribution < -0.4 is 5.32 Å². The molecule has 2 N–H and O–H groups in total. The number of phenolic OH excluding ortho intramolecular Hbond substituents is 1. The number of oxime groups is 1. The van der Waals surface area contributed by atoms with E-state index in [2.05, 4.69) is 31.2 Å². The molecule has 2 aromatic carbocycles. The first-order valence-corrected chi connectivity index (χ1v) is 10.2. The van der Waals surface area contributed by atoms with Gasteiger partial charge in [-0.2, -0.15) is 0 Å². The van der Waals surface area contributed by atoms with E-state index in [9.17, 15) is 9.90 Å². The van der Waals surface area contributed by atoms with Crippen LogP contribution in [-0.2, 0) is 9.57 Å². The summed E-state index contributed by atoms with van der Waals surface area (Å²) in [6.07, 6.45) is 3.96. The summed E-state index contributed by atoms with van der Waals surface area (Å²) in [4.78, 5) is 18.2. The van der Waals surface area contributed by atoms with Gasteiger partial charge in [-0.15, -0.1) is 0 Å². The van der Waals surface area contributed by atoms with Crippen molar-refractivity contribution in [3.05, 3.63) is 36.4 Å². The lowest BCUT2D eigenvalue weighted by molar-refractivity contribution is -0.0640. The van der Waals surface area contributed by atoms with Gasteiger partial charge < -0.3 is 14.7 Å². The molecule has 0 radical (unpaired) electrons. The van der Waals surface area contributed by atoms with E-state index in [4.69, 9.17) is 9.57 Å². The number of hydrogen-bond acceptors (Lipinski definition) is 5. The van der Waals surface area contributed by atoms with E-state index >= 15 is 0 Å². The molecule has 0 atom stereocenters. The number of anilines is 1. The van der Waals surface area contributed by atoms with Crippen LogP contribution in [0.2, 0.25) is 0 Å². The number of benzene rings is 2. The summed E-state index contributed by atoms with van der Waals surface area (Å²) in [5.74, 6) is 1.16. The van der Waals surface area contributed by atoms with Gasteiger partial charge in [-0.25, -0.2) is 4.79 Å². The van der Waals surface area contributed by atoms with Gasteiger partial charge in [0.1, 0.15) is 11.4 Å². The van der Waals surface area contributed by atoms with E-state index in [0.717, 1.165) is 31.1 Å². The molecule has 4 rings (SSSR count). The van der Waals surface area contributed by atoms with Crippen molar-refractivity contribution in [1.29, 1.82) is 0 Å². The summed E-state index contributed by atoms with van der Waals surface area (Å²) in [6.45, 7) is 6.86. The average molecular weight is 396 g/mol. The molecule has 1 aliphatic heterocycles. The Balaban J connectivity index is 1.37. The number of phenols is 1. The summed E-state index contributed by atoms with van der Waals surface area (Å²) in [5.41, 5.74) is 0.541. The molecule has 2 aliphatic rings. The molecule has 0 saturated heterocycles. The number of nitrogens with zero attached hydrogens (tertiary/aromatic N) is 1. The van der Waals surface area contributed by atoms with E-state index < -0.39 is 6.09 Å². The first kappa shape index (κ1) is 19.6. The molecule has 1 spiro atoms. The monoisotopic (exact) mass is 396 g/mol. The second-order valence-electron chi connectivity index (χ2n) is 9.27. The molecule has 1 amide bonds. The Bertz CT molecular complexity index is 953. The molecule has 6 heteroatoms. The topological polar surface area (TPSA) is 80.2 Å². The highest BCUT2D eigenvalue weighted by atomic mass is 16.7. The molecule has 0 aromatic heterocycles. The molecule has 2 aromatic rings. The highest BCUT2D eigenvalue weighted by molar-refractivity contribution is 6.04. The number of ether oxygens (including phenoxy) is 1. The van der Waals surface area contributed by atoms with Gasteiger partial charge in [0, 0.05) is 10.8 Å². The normalized spacial score (nSPS) is 24.2. The Morgan fingerprint density at radius 2 is 1.86 bits per heavy atom. The third-order valence-electron chi connectivity index (χ3n) is 6.28. The third kappa shape index (κ3) is 4.02. The summed E-state index contributed by atoms with van der Waals surface area (Å²) in [7, 11) is 0. The Kier molecular flexibility index (Phi) is 4.89. The third-order valence-corrected chi connectivity index (χ3v) is 6.28. The minimum absolute atomic E-state index is 0.167. The zero-order chi connectivity index (χ0) is 20.6. The number of hydrogen-bond donors (Lipinski definition) is 2. The van der Waals surface area contributed by atoms with Crippen molar-refractivity contribution in [3.63, 3.8) is 0 Å². The first-order chi connectivity index (χ1) is 13.8. The Morgan fingerprint density at radius 3 is 2.59 bits per heavy atom. The maximum absolute atomic E-state index is 12.4. The zero-order valence-corrected chi connectivity index (χ0v) is 17.2. The van der Waals surface area contributed by atoms with E-state index in [1.165, 1.54) is 0 Å². The standard InChI is InChI=1S/C23H28N2O4/c1-22(2,3)15-10-12-23(13-11-15)14-20(25-29-23)28-21(27)24-18-8-4-7-17-16(18)6-5-9-19(17)26/h4-9,15,26H,10-14H2,1-3H3,(H,24,27). The van der Waals surface area contributed by atoms with Gasteiger partial charge in [0.15, 0.2) is 0 Å². The van der Waals surface area contributed by atoms with Crippen molar-refractivity contribution < 1.29 is 19.5 Å². The van der Waals surface area contributed by atoms with Crippen LogP contribution >= 0.6 is 0 Å². The maximum Gasteiger partial charge on any atom is 0.418 e. The average Bonchev–Trinajstić information content (AvgIpc) is 3.04.